The lowest BCUT2D eigenvalue weighted by Crippen LogP contribution is -2.51. The topological polar surface area (TPSA) is 57.3 Å². The molecule has 0 saturated carbocycles. The summed E-state index contributed by atoms with van der Waals surface area (Å²) in [6, 6.07) is 11.9. The highest BCUT2D eigenvalue weighted by Crippen LogP contribution is 2.28. The molecule has 2 heterocycles. The van der Waals surface area contributed by atoms with Crippen LogP contribution in [0.5, 0.6) is 0 Å². The van der Waals surface area contributed by atoms with Gasteiger partial charge in [0, 0.05) is 29.5 Å². The van der Waals surface area contributed by atoms with Crippen LogP contribution < -0.4 is 10.7 Å². The molecular formula is C20H21BrN4OS. The summed E-state index contributed by atoms with van der Waals surface area (Å²) in [6.45, 7) is 0.865. The third-order valence-electron chi connectivity index (χ3n) is 4.35. The Bertz CT molecular complexity index is 810. The lowest BCUT2D eigenvalue weighted by atomic mass is 9.98. The van der Waals surface area contributed by atoms with Crippen LogP contribution in [0.3, 0.4) is 0 Å². The Labute approximate surface area is 173 Å². The molecule has 0 bridgehead atoms. The molecule has 1 atom stereocenters. The summed E-state index contributed by atoms with van der Waals surface area (Å²) in [5, 5.41) is 5.10. The number of hydrazine groups is 1. The van der Waals surface area contributed by atoms with Crippen molar-refractivity contribution < 1.29 is 4.79 Å². The van der Waals surface area contributed by atoms with Crippen LogP contribution in [0.2, 0.25) is 0 Å². The van der Waals surface area contributed by atoms with Crippen LogP contribution in [0, 0.1) is 0 Å². The van der Waals surface area contributed by atoms with E-state index in [2.05, 4.69) is 42.7 Å². The second-order valence-corrected chi connectivity index (χ2v) is 7.63. The summed E-state index contributed by atoms with van der Waals surface area (Å²) < 4.78 is 0.999. The van der Waals surface area contributed by atoms with E-state index in [0.29, 0.717) is 5.11 Å². The van der Waals surface area contributed by atoms with Gasteiger partial charge in [0.2, 0.25) is 5.91 Å². The van der Waals surface area contributed by atoms with Crippen LogP contribution in [0.25, 0.3) is 6.08 Å². The zero-order chi connectivity index (χ0) is 19.1. The number of hydrogen-bond acceptors (Lipinski definition) is 4. The Hall–Kier alpha value is -2.09. The average molecular weight is 445 g/mol. The van der Waals surface area contributed by atoms with Gasteiger partial charge in [0.1, 0.15) is 0 Å². The van der Waals surface area contributed by atoms with E-state index in [1.165, 1.54) is 6.08 Å². The van der Waals surface area contributed by atoms with Crippen LogP contribution >= 0.6 is 28.1 Å². The molecule has 1 amide bonds. The first-order valence-electron chi connectivity index (χ1n) is 8.83. The van der Waals surface area contributed by atoms with E-state index in [1.807, 2.05) is 36.5 Å². The quantitative estimate of drug-likeness (QED) is 0.551. The molecule has 140 valence electrons. The number of thiocarbonyl (C=S) groups is 1. The number of carbonyl (C=O) groups excluding carboxylic acids is 1. The summed E-state index contributed by atoms with van der Waals surface area (Å²) in [7, 11) is 0. The van der Waals surface area contributed by atoms with Crippen LogP contribution in [0.15, 0.2) is 59.3 Å². The lowest BCUT2D eigenvalue weighted by molar-refractivity contribution is -0.115. The molecule has 2 aromatic rings. The number of aromatic nitrogens is 1. The highest BCUT2D eigenvalue weighted by Gasteiger charge is 2.24. The van der Waals surface area contributed by atoms with Gasteiger partial charge in [0.15, 0.2) is 5.11 Å². The fourth-order valence-corrected chi connectivity index (χ4v) is 3.52. The minimum atomic E-state index is -0.259. The fourth-order valence-electron chi connectivity index (χ4n) is 3.04. The Morgan fingerprint density at radius 2 is 2.07 bits per heavy atom. The third kappa shape index (κ3) is 5.95. The Morgan fingerprint density at radius 1 is 1.26 bits per heavy atom. The Kier molecular flexibility index (Phi) is 7.09. The van der Waals surface area contributed by atoms with Crippen molar-refractivity contribution in [3.05, 3.63) is 70.5 Å². The number of pyridine rings is 1. The molecule has 1 fully saturated rings. The maximum Gasteiger partial charge on any atom is 0.250 e. The number of hydrogen-bond donors (Lipinski definition) is 2. The predicted molar refractivity (Wildman–Crippen MR) is 115 cm³/mol. The van der Waals surface area contributed by atoms with E-state index >= 15 is 0 Å². The predicted octanol–water partition coefficient (Wildman–Crippen LogP) is 3.99. The molecule has 7 heteroatoms. The van der Waals surface area contributed by atoms with Crippen molar-refractivity contribution in [2.45, 2.75) is 25.3 Å². The molecule has 1 aromatic carbocycles. The maximum absolute atomic E-state index is 12.1. The van der Waals surface area contributed by atoms with Gasteiger partial charge < -0.3 is 0 Å². The fraction of sp³-hybridized carbons (Fsp3) is 0.250. The van der Waals surface area contributed by atoms with Crippen LogP contribution in [0.1, 0.15) is 36.4 Å². The van der Waals surface area contributed by atoms with Gasteiger partial charge in [-0.05, 0) is 60.5 Å². The molecular weight excluding hydrogens is 424 g/mol. The number of nitrogens with zero attached hydrogens (tertiary/aromatic N) is 2. The number of benzene rings is 1. The van der Waals surface area contributed by atoms with E-state index in [1.54, 1.807) is 12.3 Å². The third-order valence-corrected chi connectivity index (χ3v) is 5.07. The summed E-state index contributed by atoms with van der Waals surface area (Å²) in [6.07, 6.45) is 10.2. The van der Waals surface area contributed by atoms with Crippen molar-refractivity contribution in [3.63, 3.8) is 0 Å². The monoisotopic (exact) mass is 444 g/mol. The van der Waals surface area contributed by atoms with Gasteiger partial charge in [-0.25, -0.2) is 5.01 Å². The van der Waals surface area contributed by atoms with Gasteiger partial charge in [-0.2, -0.15) is 0 Å². The molecule has 1 aliphatic rings. The molecule has 2 N–H and O–H groups in total. The summed E-state index contributed by atoms with van der Waals surface area (Å²) in [5.74, 6) is -0.259. The van der Waals surface area contributed by atoms with E-state index in [-0.39, 0.29) is 11.9 Å². The molecule has 1 aromatic heterocycles. The molecule has 27 heavy (non-hydrogen) atoms. The first-order valence-corrected chi connectivity index (χ1v) is 10.0. The number of amides is 1. The number of carbonyl (C=O) groups is 1. The summed E-state index contributed by atoms with van der Waals surface area (Å²) in [4.78, 5) is 16.3. The van der Waals surface area contributed by atoms with Gasteiger partial charge in [-0.15, -0.1) is 0 Å². The molecule has 0 aliphatic carbocycles. The van der Waals surface area contributed by atoms with E-state index < -0.39 is 0 Å². The number of nitrogens with one attached hydrogen (secondary N) is 2. The maximum atomic E-state index is 12.1. The Morgan fingerprint density at radius 3 is 2.81 bits per heavy atom. The smallest absolute Gasteiger partial charge is 0.250 e. The molecule has 3 rings (SSSR count). The van der Waals surface area contributed by atoms with Crippen molar-refractivity contribution in [2.75, 3.05) is 6.54 Å². The molecule has 1 saturated heterocycles. The van der Waals surface area contributed by atoms with Crippen LogP contribution in [-0.2, 0) is 4.79 Å². The second-order valence-electron chi connectivity index (χ2n) is 6.31. The van der Waals surface area contributed by atoms with Crippen molar-refractivity contribution >= 4 is 45.2 Å². The van der Waals surface area contributed by atoms with Gasteiger partial charge in [0.05, 0.1) is 6.04 Å². The first-order chi connectivity index (χ1) is 13.1. The molecule has 0 spiro atoms. The molecule has 0 unspecified atom stereocenters. The number of rotatable bonds is 4. The SMILES string of the molecule is O=C(/C=C/c1ccc(Br)cc1)NC(=S)NN1CCCC[C@H]1c1cccnc1. The van der Waals surface area contributed by atoms with Crippen molar-refractivity contribution in [1.29, 1.82) is 0 Å². The summed E-state index contributed by atoms with van der Waals surface area (Å²) in [5.41, 5.74) is 5.26. The average Bonchev–Trinajstić information content (AvgIpc) is 2.68. The Balaban J connectivity index is 1.55. The van der Waals surface area contributed by atoms with Crippen molar-refractivity contribution in [1.82, 2.24) is 20.7 Å². The van der Waals surface area contributed by atoms with Crippen molar-refractivity contribution in [2.24, 2.45) is 0 Å². The van der Waals surface area contributed by atoms with E-state index in [9.17, 15) is 4.79 Å². The molecule has 0 radical (unpaired) electrons. The largest absolute Gasteiger partial charge is 0.298 e. The molecule has 5 nitrogen and oxygen atoms in total. The van der Waals surface area contributed by atoms with Gasteiger partial charge >= 0.3 is 0 Å². The zero-order valence-electron chi connectivity index (χ0n) is 14.8. The highest BCUT2D eigenvalue weighted by molar-refractivity contribution is 9.10. The minimum absolute atomic E-state index is 0.195. The van der Waals surface area contributed by atoms with E-state index in [4.69, 9.17) is 12.2 Å². The number of piperidine rings is 1. The van der Waals surface area contributed by atoms with Gasteiger partial charge in [-0.1, -0.05) is 40.5 Å². The number of halogens is 1. The van der Waals surface area contributed by atoms with Crippen LogP contribution in [0.4, 0.5) is 0 Å². The first kappa shape index (κ1) is 19.7. The molecule has 1 aliphatic heterocycles. The lowest BCUT2D eigenvalue weighted by Gasteiger charge is -2.36. The van der Waals surface area contributed by atoms with E-state index in [0.717, 1.165) is 41.4 Å². The van der Waals surface area contributed by atoms with Crippen molar-refractivity contribution in [3.8, 4) is 0 Å². The standard InChI is InChI=1S/C20H21BrN4OS/c21-17-9-6-15(7-10-17)8-11-19(26)23-20(27)24-25-13-2-1-5-18(25)16-4-3-12-22-14-16/h3-4,6-12,14,18H,1-2,5,13H2,(H2,23,24,26,27)/b11-8+/t18-/m0/s1. The minimum Gasteiger partial charge on any atom is -0.298 e. The second kappa shape index (κ2) is 9.73. The van der Waals surface area contributed by atoms with Gasteiger partial charge in [-0.3, -0.25) is 20.5 Å². The highest BCUT2D eigenvalue weighted by atomic mass is 79.9. The van der Waals surface area contributed by atoms with Crippen LogP contribution in [-0.4, -0.2) is 27.6 Å². The summed E-state index contributed by atoms with van der Waals surface area (Å²) >= 11 is 8.71. The zero-order valence-corrected chi connectivity index (χ0v) is 17.2. The normalized spacial score (nSPS) is 17.6. The van der Waals surface area contributed by atoms with Gasteiger partial charge in [0.25, 0.3) is 0 Å².